The Hall–Kier alpha value is -0.900. The van der Waals surface area contributed by atoms with Gasteiger partial charge in [-0.3, -0.25) is 0 Å². The second-order valence-electron chi connectivity index (χ2n) is 5.52. The third-order valence-corrected chi connectivity index (χ3v) is 4.17. The Bertz CT molecular complexity index is 355. The van der Waals surface area contributed by atoms with Gasteiger partial charge in [0.15, 0.2) is 0 Å². The van der Waals surface area contributed by atoms with Gasteiger partial charge >= 0.3 is 0 Å². The van der Waals surface area contributed by atoms with Gasteiger partial charge in [-0.1, -0.05) is 36.8 Å². The number of nitrogens with zero attached hydrogens (tertiary/aromatic N) is 1. The van der Waals surface area contributed by atoms with Crippen LogP contribution in [0.1, 0.15) is 37.3 Å². The lowest BCUT2D eigenvalue weighted by Crippen LogP contribution is -2.38. The minimum absolute atomic E-state index is 0.0649. The zero-order valence-electron chi connectivity index (χ0n) is 11.9. The number of hydrogen-bond donors (Lipinski definition) is 2. The maximum absolute atomic E-state index is 9.50. The van der Waals surface area contributed by atoms with E-state index in [9.17, 15) is 5.11 Å². The molecule has 1 aromatic rings. The Kier molecular flexibility index (Phi) is 5.83. The highest BCUT2D eigenvalue weighted by Crippen LogP contribution is 2.18. The minimum atomic E-state index is 0.0649. The summed E-state index contributed by atoms with van der Waals surface area (Å²) in [4.78, 5) is 2.47. The van der Waals surface area contributed by atoms with E-state index >= 15 is 0 Å². The summed E-state index contributed by atoms with van der Waals surface area (Å²) in [7, 11) is 2.23. The van der Waals surface area contributed by atoms with Crippen LogP contribution in [0, 0.1) is 0 Å². The third-order valence-electron chi connectivity index (χ3n) is 4.17. The molecule has 2 rings (SSSR count). The number of aliphatic hydroxyl groups excluding tert-OH is 1. The molecule has 3 heteroatoms. The fourth-order valence-electron chi connectivity index (χ4n) is 2.91. The van der Waals surface area contributed by atoms with Crippen LogP contribution in [0.3, 0.4) is 0 Å². The van der Waals surface area contributed by atoms with Crippen molar-refractivity contribution in [3.8, 4) is 0 Å². The Balaban J connectivity index is 1.77. The van der Waals surface area contributed by atoms with Gasteiger partial charge in [-0.2, -0.15) is 0 Å². The molecule has 19 heavy (non-hydrogen) atoms. The molecule has 0 aromatic heterocycles. The molecule has 2 unspecified atom stereocenters. The number of nitrogens with one attached hydrogen (secondary N) is 1. The third kappa shape index (κ3) is 4.30. The molecule has 0 spiro atoms. The predicted octanol–water partition coefficient (Wildman–Crippen LogP) is 2.18. The van der Waals surface area contributed by atoms with Gasteiger partial charge in [0, 0.05) is 6.04 Å². The normalized spacial score (nSPS) is 22.3. The molecule has 1 aromatic carbocycles. The summed E-state index contributed by atoms with van der Waals surface area (Å²) in [5, 5.41) is 13.0. The van der Waals surface area contributed by atoms with Crippen LogP contribution in [0.5, 0.6) is 0 Å². The molecule has 0 amide bonds. The highest BCUT2D eigenvalue weighted by Gasteiger charge is 2.18. The fourth-order valence-corrected chi connectivity index (χ4v) is 2.91. The predicted molar refractivity (Wildman–Crippen MR) is 79.2 cm³/mol. The Labute approximate surface area is 116 Å². The van der Waals surface area contributed by atoms with Gasteiger partial charge in [0.25, 0.3) is 0 Å². The van der Waals surface area contributed by atoms with Crippen molar-refractivity contribution in [2.24, 2.45) is 0 Å². The van der Waals surface area contributed by atoms with Gasteiger partial charge in [-0.25, -0.2) is 0 Å². The van der Waals surface area contributed by atoms with Crippen LogP contribution < -0.4 is 5.32 Å². The molecule has 2 N–H and O–H groups in total. The topological polar surface area (TPSA) is 35.5 Å². The average molecular weight is 262 g/mol. The molecule has 1 aliphatic rings. The molecular weight excluding hydrogens is 236 g/mol. The number of rotatable bonds is 6. The molecule has 0 aliphatic carbocycles. The summed E-state index contributed by atoms with van der Waals surface area (Å²) >= 11 is 0. The molecule has 0 saturated carbocycles. The highest BCUT2D eigenvalue weighted by molar-refractivity contribution is 5.18. The van der Waals surface area contributed by atoms with Crippen molar-refractivity contribution in [1.82, 2.24) is 10.2 Å². The largest absolute Gasteiger partial charge is 0.394 e. The SMILES string of the molecule is CN1CCCCC1CCNC(CO)c1ccccc1. The number of likely N-dealkylation sites (tertiary alicyclic amines) is 1. The lowest BCUT2D eigenvalue weighted by atomic mass is 10.00. The standard InChI is InChI=1S/C16H26N2O/c1-18-12-6-5-9-15(18)10-11-17-16(13-19)14-7-3-2-4-8-14/h2-4,7-8,15-17,19H,5-6,9-13H2,1H3. The quantitative estimate of drug-likeness (QED) is 0.825. The molecule has 1 heterocycles. The van der Waals surface area contributed by atoms with Crippen LogP contribution in [0.15, 0.2) is 30.3 Å². The minimum Gasteiger partial charge on any atom is -0.394 e. The summed E-state index contributed by atoms with van der Waals surface area (Å²) in [6, 6.07) is 11.0. The van der Waals surface area contributed by atoms with Gasteiger partial charge in [0.2, 0.25) is 0 Å². The van der Waals surface area contributed by atoms with E-state index in [4.69, 9.17) is 0 Å². The molecule has 0 bridgehead atoms. The summed E-state index contributed by atoms with van der Waals surface area (Å²) in [5.74, 6) is 0. The van der Waals surface area contributed by atoms with Gasteiger partial charge in [0.05, 0.1) is 12.6 Å². The summed E-state index contributed by atoms with van der Waals surface area (Å²) in [6.45, 7) is 2.35. The molecule has 1 saturated heterocycles. The summed E-state index contributed by atoms with van der Waals surface area (Å²) < 4.78 is 0. The van der Waals surface area contributed by atoms with Crippen LogP contribution in [0.25, 0.3) is 0 Å². The Morgan fingerprint density at radius 2 is 2.11 bits per heavy atom. The van der Waals surface area contributed by atoms with Gasteiger partial charge in [-0.05, 0) is 45.0 Å². The van der Waals surface area contributed by atoms with Gasteiger partial charge < -0.3 is 15.3 Å². The van der Waals surface area contributed by atoms with Crippen molar-refractivity contribution in [2.75, 3.05) is 26.7 Å². The van der Waals surface area contributed by atoms with Crippen molar-refractivity contribution in [3.63, 3.8) is 0 Å². The first-order valence-corrected chi connectivity index (χ1v) is 7.40. The molecule has 1 aliphatic heterocycles. The second kappa shape index (κ2) is 7.63. The van der Waals surface area contributed by atoms with Crippen LogP contribution in [0.2, 0.25) is 0 Å². The first kappa shape index (κ1) is 14.5. The Morgan fingerprint density at radius 1 is 1.32 bits per heavy atom. The van der Waals surface area contributed by atoms with Gasteiger partial charge in [-0.15, -0.1) is 0 Å². The van der Waals surface area contributed by atoms with E-state index in [0.29, 0.717) is 6.04 Å². The van der Waals surface area contributed by atoms with Crippen LogP contribution in [-0.4, -0.2) is 42.8 Å². The summed E-state index contributed by atoms with van der Waals surface area (Å²) in [6.07, 6.45) is 5.17. The van der Waals surface area contributed by atoms with E-state index < -0.39 is 0 Å². The van der Waals surface area contributed by atoms with E-state index in [-0.39, 0.29) is 12.6 Å². The van der Waals surface area contributed by atoms with Crippen LogP contribution in [0.4, 0.5) is 0 Å². The van der Waals surface area contributed by atoms with Gasteiger partial charge in [0.1, 0.15) is 0 Å². The van der Waals surface area contributed by atoms with Crippen molar-refractivity contribution >= 4 is 0 Å². The van der Waals surface area contributed by atoms with E-state index in [2.05, 4.69) is 29.4 Å². The lowest BCUT2D eigenvalue weighted by molar-refractivity contribution is 0.171. The van der Waals surface area contributed by atoms with Crippen molar-refractivity contribution < 1.29 is 5.11 Å². The first-order chi connectivity index (χ1) is 9.31. The number of aliphatic hydroxyl groups is 1. The van der Waals surface area contributed by atoms with Crippen molar-refractivity contribution in [3.05, 3.63) is 35.9 Å². The maximum Gasteiger partial charge on any atom is 0.0626 e. The van der Waals surface area contributed by atoms with Crippen molar-refractivity contribution in [2.45, 2.75) is 37.8 Å². The van der Waals surface area contributed by atoms with Crippen LogP contribution in [-0.2, 0) is 0 Å². The maximum atomic E-state index is 9.50. The van der Waals surface area contributed by atoms with E-state index in [1.54, 1.807) is 0 Å². The molecule has 106 valence electrons. The molecular formula is C16H26N2O. The number of benzene rings is 1. The molecule has 3 nitrogen and oxygen atoms in total. The smallest absolute Gasteiger partial charge is 0.0626 e. The summed E-state index contributed by atoms with van der Waals surface area (Å²) in [5.41, 5.74) is 1.17. The van der Waals surface area contributed by atoms with E-state index in [1.165, 1.54) is 37.8 Å². The zero-order valence-corrected chi connectivity index (χ0v) is 11.9. The zero-order chi connectivity index (χ0) is 13.5. The van der Waals surface area contributed by atoms with Crippen molar-refractivity contribution in [1.29, 1.82) is 0 Å². The molecule has 2 atom stereocenters. The van der Waals surface area contributed by atoms with E-state index in [0.717, 1.165) is 6.54 Å². The average Bonchev–Trinajstić information content (AvgIpc) is 2.46. The highest BCUT2D eigenvalue weighted by atomic mass is 16.3. The number of hydrogen-bond acceptors (Lipinski definition) is 3. The molecule has 0 radical (unpaired) electrons. The lowest BCUT2D eigenvalue weighted by Gasteiger charge is -2.33. The van der Waals surface area contributed by atoms with Crippen LogP contribution >= 0.6 is 0 Å². The number of piperidine rings is 1. The van der Waals surface area contributed by atoms with E-state index in [1.807, 2.05) is 18.2 Å². The Morgan fingerprint density at radius 3 is 2.79 bits per heavy atom. The molecule has 1 fully saturated rings. The monoisotopic (exact) mass is 262 g/mol. The fraction of sp³-hybridized carbons (Fsp3) is 0.625. The second-order valence-corrected chi connectivity index (χ2v) is 5.52. The first-order valence-electron chi connectivity index (χ1n) is 7.40.